The standard InChI is InChI=1S/C12H15N3O2S/c1-7-4-5-18-9(7)6-15-8(2)14-10(11(15)13)12(16)17-3/h4-5H,6,13H2,1-3H3. The number of carbonyl (C=O) groups excluding carboxylic acids is 1. The average Bonchev–Trinajstić information content (AvgIpc) is 2.87. The van der Waals surface area contributed by atoms with Crippen LogP contribution in [0.5, 0.6) is 0 Å². The van der Waals surface area contributed by atoms with Crippen molar-refractivity contribution in [3.05, 3.63) is 33.4 Å². The number of hydrogen-bond donors (Lipinski definition) is 1. The fourth-order valence-corrected chi connectivity index (χ4v) is 2.63. The molecular weight excluding hydrogens is 250 g/mol. The van der Waals surface area contributed by atoms with Crippen LogP contribution < -0.4 is 5.73 Å². The number of nitrogens with two attached hydrogens (primary N) is 1. The van der Waals surface area contributed by atoms with Crippen molar-refractivity contribution in [2.24, 2.45) is 0 Å². The number of imidazole rings is 1. The lowest BCUT2D eigenvalue weighted by Gasteiger charge is -2.07. The molecule has 0 aliphatic carbocycles. The topological polar surface area (TPSA) is 70.1 Å². The molecule has 0 aliphatic heterocycles. The van der Waals surface area contributed by atoms with Crippen LogP contribution in [0.3, 0.4) is 0 Å². The van der Waals surface area contributed by atoms with Crippen LogP contribution in [0.4, 0.5) is 5.82 Å². The molecule has 5 nitrogen and oxygen atoms in total. The zero-order valence-electron chi connectivity index (χ0n) is 10.6. The Hall–Kier alpha value is -1.82. The van der Waals surface area contributed by atoms with Gasteiger partial charge in [-0.1, -0.05) is 0 Å². The minimum absolute atomic E-state index is 0.184. The number of esters is 1. The van der Waals surface area contributed by atoms with Crippen LogP contribution in [0.1, 0.15) is 26.8 Å². The van der Waals surface area contributed by atoms with Crippen molar-refractivity contribution in [3.63, 3.8) is 0 Å². The summed E-state index contributed by atoms with van der Waals surface area (Å²) in [6.45, 7) is 4.51. The normalized spacial score (nSPS) is 10.6. The Bertz CT molecular complexity index is 586. The fraction of sp³-hybridized carbons (Fsp3) is 0.333. The molecule has 0 bridgehead atoms. The maximum Gasteiger partial charge on any atom is 0.360 e. The highest BCUT2D eigenvalue weighted by atomic mass is 32.1. The van der Waals surface area contributed by atoms with E-state index in [-0.39, 0.29) is 5.69 Å². The number of carbonyl (C=O) groups is 1. The summed E-state index contributed by atoms with van der Waals surface area (Å²) in [7, 11) is 1.32. The van der Waals surface area contributed by atoms with Crippen LogP contribution in [0, 0.1) is 13.8 Å². The molecule has 0 radical (unpaired) electrons. The molecular formula is C12H15N3O2S. The summed E-state index contributed by atoms with van der Waals surface area (Å²) in [5.41, 5.74) is 7.35. The third-order valence-corrected chi connectivity index (χ3v) is 3.85. The van der Waals surface area contributed by atoms with E-state index in [2.05, 4.69) is 22.7 Å². The summed E-state index contributed by atoms with van der Waals surface area (Å²) >= 11 is 1.66. The summed E-state index contributed by atoms with van der Waals surface area (Å²) in [5, 5.41) is 2.04. The van der Waals surface area contributed by atoms with Gasteiger partial charge in [-0.05, 0) is 30.9 Å². The van der Waals surface area contributed by atoms with Crippen molar-refractivity contribution in [1.29, 1.82) is 0 Å². The molecule has 0 aromatic carbocycles. The van der Waals surface area contributed by atoms with Gasteiger partial charge in [0.1, 0.15) is 11.6 Å². The van der Waals surface area contributed by atoms with Crippen molar-refractivity contribution in [2.75, 3.05) is 12.8 Å². The Labute approximate surface area is 109 Å². The number of nitrogens with zero attached hydrogens (tertiary/aromatic N) is 2. The number of thiophene rings is 1. The van der Waals surface area contributed by atoms with Crippen LogP contribution in [-0.2, 0) is 11.3 Å². The highest BCUT2D eigenvalue weighted by Crippen LogP contribution is 2.22. The Kier molecular flexibility index (Phi) is 3.38. The molecule has 0 amide bonds. The van der Waals surface area contributed by atoms with Gasteiger partial charge in [0, 0.05) is 4.88 Å². The van der Waals surface area contributed by atoms with Crippen LogP contribution in [0.2, 0.25) is 0 Å². The predicted molar refractivity (Wildman–Crippen MR) is 70.9 cm³/mol. The van der Waals surface area contributed by atoms with Crippen molar-refractivity contribution < 1.29 is 9.53 Å². The quantitative estimate of drug-likeness (QED) is 0.861. The number of hydrogen-bond acceptors (Lipinski definition) is 5. The molecule has 2 aromatic heterocycles. The minimum atomic E-state index is -0.503. The molecule has 0 fully saturated rings. The summed E-state index contributed by atoms with van der Waals surface area (Å²) in [5.74, 6) is 0.560. The van der Waals surface area contributed by atoms with Crippen molar-refractivity contribution in [3.8, 4) is 0 Å². The Balaban J connectivity index is 2.37. The zero-order valence-corrected chi connectivity index (χ0v) is 11.4. The van der Waals surface area contributed by atoms with Gasteiger partial charge in [0.15, 0.2) is 5.69 Å². The van der Waals surface area contributed by atoms with Crippen LogP contribution in [0.15, 0.2) is 11.4 Å². The molecule has 2 rings (SSSR count). The molecule has 2 aromatic rings. The summed E-state index contributed by atoms with van der Waals surface area (Å²) in [6.07, 6.45) is 0. The smallest absolute Gasteiger partial charge is 0.360 e. The Morgan fingerprint density at radius 2 is 2.28 bits per heavy atom. The van der Waals surface area contributed by atoms with Gasteiger partial charge in [-0.3, -0.25) is 0 Å². The molecule has 0 saturated carbocycles. The molecule has 96 valence electrons. The summed E-state index contributed by atoms with van der Waals surface area (Å²) in [4.78, 5) is 16.9. The highest BCUT2D eigenvalue weighted by molar-refractivity contribution is 7.10. The first kappa shape index (κ1) is 12.6. The second-order valence-corrected chi connectivity index (χ2v) is 5.00. The van der Waals surface area contributed by atoms with E-state index in [1.165, 1.54) is 17.6 Å². The third-order valence-electron chi connectivity index (χ3n) is 2.85. The first-order chi connectivity index (χ1) is 8.54. The second kappa shape index (κ2) is 4.81. The van der Waals surface area contributed by atoms with E-state index in [0.717, 1.165) is 0 Å². The summed E-state index contributed by atoms with van der Waals surface area (Å²) < 4.78 is 6.48. The number of anilines is 1. The fourth-order valence-electron chi connectivity index (χ4n) is 1.74. The van der Waals surface area contributed by atoms with Gasteiger partial charge in [-0.25, -0.2) is 9.78 Å². The van der Waals surface area contributed by atoms with Crippen LogP contribution in [-0.4, -0.2) is 22.6 Å². The van der Waals surface area contributed by atoms with Crippen LogP contribution >= 0.6 is 11.3 Å². The highest BCUT2D eigenvalue weighted by Gasteiger charge is 2.19. The van der Waals surface area contributed by atoms with E-state index >= 15 is 0 Å². The maximum atomic E-state index is 11.5. The molecule has 2 N–H and O–H groups in total. The lowest BCUT2D eigenvalue weighted by atomic mass is 10.3. The van der Waals surface area contributed by atoms with Crippen molar-refractivity contribution >= 4 is 23.1 Å². The summed E-state index contributed by atoms with van der Waals surface area (Å²) in [6, 6.07) is 2.06. The van der Waals surface area contributed by atoms with Gasteiger partial charge in [0.05, 0.1) is 13.7 Å². The van der Waals surface area contributed by atoms with Gasteiger partial charge in [0.25, 0.3) is 0 Å². The first-order valence-electron chi connectivity index (χ1n) is 5.48. The van der Waals surface area contributed by atoms with Gasteiger partial charge in [-0.2, -0.15) is 0 Å². The van der Waals surface area contributed by atoms with Gasteiger partial charge >= 0.3 is 5.97 Å². The number of methoxy groups -OCH3 is 1. The average molecular weight is 265 g/mol. The number of rotatable bonds is 3. The molecule has 18 heavy (non-hydrogen) atoms. The number of aromatic nitrogens is 2. The third kappa shape index (κ3) is 2.11. The van der Waals surface area contributed by atoms with Gasteiger partial charge in [0.2, 0.25) is 0 Å². The minimum Gasteiger partial charge on any atom is -0.464 e. The predicted octanol–water partition coefficient (Wildman–Crippen LogP) is 1.98. The lowest BCUT2D eigenvalue weighted by molar-refractivity contribution is 0.0595. The number of nitrogen functional groups attached to an aromatic ring is 1. The SMILES string of the molecule is COC(=O)c1nc(C)n(Cc2sccc2C)c1N. The zero-order chi connectivity index (χ0) is 13.3. The molecule has 0 aliphatic rings. The molecule has 0 saturated heterocycles. The number of ether oxygens (including phenoxy) is 1. The molecule has 0 unspecified atom stereocenters. The van der Waals surface area contributed by atoms with E-state index in [4.69, 9.17) is 5.73 Å². The molecule has 6 heteroatoms. The number of aryl methyl sites for hydroxylation is 2. The van der Waals surface area contributed by atoms with Gasteiger partial charge in [-0.15, -0.1) is 11.3 Å². The van der Waals surface area contributed by atoms with Crippen LogP contribution in [0.25, 0.3) is 0 Å². The largest absolute Gasteiger partial charge is 0.464 e. The second-order valence-electron chi connectivity index (χ2n) is 4.00. The van der Waals surface area contributed by atoms with E-state index < -0.39 is 5.97 Å². The molecule has 0 atom stereocenters. The van der Waals surface area contributed by atoms with E-state index in [1.54, 1.807) is 11.3 Å². The van der Waals surface area contributed by atoms with Crippen molar-refractivity contribution in [2.45, 2.75) is 20.4 Å². The Morgan fingerprint density at radius 3 is 2.83 bits per heavy atom. The van der Waals surface area contributed by atoms with E-state index in [0.29, 0.717) is 18.2 Å². The maximum absolute atomic E-state index is 11.5. The monoisotopic (exact) mass is 265 g/mol. The molecule has 2 heterocycles. The van der Waals surface area contributed by atoms with Crippen molar-refractivity contribution in [1.82, 2.24) is 9.55 Å². The lowest BCUT2D eigenvalue weighted by Crippen LogP contribution is -2.09. The Morgan fingerprint density at radius 1 is 1.56 bits per heavy atom. The first-order valence-corrected chi connectivity index (χ1v) is 6.36. The van der Waals surface area contributed by atoms with E-state index in [9.17, 15) is 4.79 Å². The van der Waals surface area contributed by atoms with Gasteiger partial charge < -0.3 is 15.0 Å². The van der Waals surface area contributed by atoms with E-state index in [1.807, 2.05) is 16.9 Å². The molecule has 0 spiro atoms.